The summed E-state index contributed by atoms with van der Waals surface area (Å²) in [4.78, 5) is 16.3. The molecule has 0 spiro atoms. The third kappa shape index (κ3) is 3.95. The molecule has 0 aliphatic rings. The highest BCUT2D eigenvalue weighted by atomic mass is 16.5. The Balaban J connectivity index is 1.77. The fourth-order valence-corrected chi connectivity index (χ4v) is 2.65. The Kier molecular flexibility index (Phi) is 5.58. The number of rotatable bonds is 6. The minimum atomic E-state index is -0.578. The van der Waals surface area contributed by atoms with Crippen LogP contribution in [0, 0.1) is 0 Å². The molecule has 3 aromatic rings. The molecule has 28 heavy (non-hydrogen) atoms. The minimum Gasteiger partial charge on any atom is -0.503 e. The van der Waals surface area contributed by atoms with Gasteiger partial charge in [-0.2, -0.15) is 0 Å². The van der Waals surface area contributed by atoms with Gasteiger partial charge in [0.1, 0.15) is 6.04 Å². The molecule has 0 fully saturated rings. The van der Waals surface area contributed by atoms with Crippen molar-refractivity contribution in [1.29, 1.82) is 0 Å². The number of aromatic nitrogens is 3. The van der Waals surface area contributed by atoms with Crippen LogP contribution < -0.4 is 10.1 Å². The first-order valence-corrected chi connectivity index (χ1v) is 8.87. The zero-order valence-corrected chi connectivity index (χ0v) is 16.1. The van der Waals surface area contributed by atoms with Crippen molar-refractivity contribution in [2.24, 2.45) is 0 Å². The van der Waals surface area contributed by atoms with Gasteiger partial charge in [0.2, 0.25) is 11.8 Å². The molecular formula is C20H22N4O4. The van der Waals surface area contributed by atoms with Crippen LogP contribution in [0.25, 0.3) is 11.5 Å². The lowest BCUT2D eigenvalue weighted by Crippen LogP contribution is -2.27. The molecule has 0 aliphatic carbocycles. The van der Waals surface area contributed by atoms with E-state index in [1.807, 2.05) is 24.3 Å². The average molecular weight is 382 g/mol. The van der Waals surface area contributed by atoms with E-state index in [2.05, 4.69) is 34.3 Å². The summed E-state index contributed by atoms with van der Waals surface area (Å²) in [5.74, 6) is 0.264. The van der Waals surface area contributed by atoms with Gasteiger partial charge in [0.05, 0.1) is 7.11 Å². The summed E-state index contributed by atoms with van der Waals surface area (Å²) >= 11 is 0. The van der Waals surface area contributed by atoms with Crippen LogP contribution in [0.15, 0.2) is 40.9 Å². The smallest absolute Gasteiger partial charge is 0.274 e. The second-order valence-electron chi connectivity index (χ2n) is 6.63. The molecule has 2 heterocycles. The molecule has 8 nitrogen and oxygen atoms in total. The Labute approximate surface area is 162 Å². The molecule has 1 amide bonds. The molecule has 1 atom stereocenters. The first-order chi connectivity index (χ1) is 13.4. The molecule has 0 saturated carbocycles. The summed E-state index contributed by atoms with van der Waals surface area (Å²) in [6.45, 7) is 5.92. The van der Waals surface area contributed by atoms with Crippen molar-refractivity contribution in [2.75, 3.05) is 7.11 Å². The predicted molar refractivity (Wildman–Crippen MR) is 102 cm³/mol. The normalized spacial score (nSPS) is 12.0. The number of methoxy groups -OCH3 is 1. The number of hydrogen-bond donors (Lipinski definition) is 2. The van der Waals surface area contributed by atoms with Crippen LogP contribution in [-0.2, 0) is 0 Å². The highest BCUT2D eigenvalue weighted by molar-refractivity contribution is 5.95. The third-order valence-electron chi connectivity index (χ3n) is 4.28. The number of carbonyl (C=O) groups excluding carboxylic acids is 1. The van der Waals surface area contributed by atoms with Gasteiger partial charge >= 0.3 is 0 Å². The summed E-state index contributed by atoms with van der Waals surface area (Å²) in [6, 6.07) is 8.77. The molecule has 2 aromatic heterocycles. The molecular weight excluding hydrogens is 360 g/mol. The first kappa shape index (κ1) is 19.3. The highest BCUT2D eigenvalue weighted by Gasteiger charge is 2.22. The Morgan fingerprint density at radius 2 is 2.00 bits per heavy atom. The van der Waals surface area contributed by atoms with Gasteiger partial charge in [-0.1, -0.05) is 26.0 Å². The Morgan fingerprint density at radius 1 is 1.21 bits per heavy atom. The number of ether oxygens (including phenoxy) is 1. The Hall–Kier alpha value is -3.42. The second-order valence-corrected chi connectivity index (χ2v) is 6.63. The third-order valence-corrected chi connectivity index (χ3v) is 4.28. The van der Waals surface area contributed by atoms with Crippen LogP contribution in [0.2, 0.25) is 0 Å². The monoisotopic (exact) mass is 382 g/mol. The number of nitrogens with one attached hydrogen (secondary N) is 1. The number of carbonyl (C=O) groups is 1. The topological polar surface area (TPSA) is 110 Å². The van der Waals surface area contributed by atoms with Crippen molar-refractivity contribution in [3.63, 3.8) is 0 Å². The van der Waals surface area contributed by atoms with E-state index in [9.17, 15) is 9.90 Å². The largest absolute Gasteiger partial charge is 0.503 e. The van der Waals surface area contributed by atoms with Crippen molar-refractivity contribution in [3.05, 3.63) is 53.7 Å². The lowest BCUT2D eigenvalue weighted by Gasteiger charge is -2.11. The molecule has 0 bridgehead atoms. The summed E-state index contributed by atoms with van der Waals surface area (Å²) in [5.41, 5.74) is 1.84. The van der Waals surface area contributed by atoms with Crippen molar-refractivity contribution in [2.45, 2.75) is 32.7 Å². The van der Waals surface area contributed by atoms with Crippen LogP contribution in [-0.4, -0.2) is 33.3 Å². The molecule has 8 heteroatoms. The predicted octanol–water partition coefficient (Wildman–Crippen LogP) is 3.46. The zero-order chi connectivity index (χ0) is 20.3. The number of pyridine rings is 1. The molecule has 0 radical (unpaired) electrons. The quantitative estimate of drug-likeness (QED) is 0.671. The van der Waals surface area contributed by atoms with Gasteiger partial charge in [-0.05, 0) is 30.5 Å². The van der Waals surface area contributed by atoms with Crippen LogP contribution in [0.4, 0.5) is 0 Å². The zero-order valence-electron chi connectivity index (χ0n) is 16.1. The SMILES string of the molecule is COc1ccnc(C(=O)N[C@@H](C)c2nnc(-c3cccc(C(C)C)c3)o2)c1O. The standard InChI is InChI=1S/C20H22N4O4/c1-11(2)13-6-5-7-14(10-13)20-24-23-19(28-20)12(3)22-18(26)16-17(25)15(27-4)8-9-21-16/h5-12,25H,1-4H3,(H,22,26)/t12-/m0/s1. The molecule has 1 aromatic carbocycles. The van der Waals surface area contributed by atoms with E-state index < -0.39 is 11.9 Å². The Bertz CT molecular complexity index is 984. The molecule has 0 saturated heterocycles. The fraction of sp³-hybridized carbons (Fsp3) is 0.300. The van der Waals surface area contributed by atoms with Gasteiger partial charge in [0.15, 0.2) is 17.2 Å². The van der Waals surface area contributed by atoms with Gasteiger partial charge in [-0.3, -0.25) is 4.79 Å². The van der Waals surface area contributed by atoms with Crippen molar-refractivity contribution in [1.82, 2.24) is 20.5 Å². The highest BCUT2D eigenvalue weighted by Crippen LogP contribution is 2.28. The van der Waals surface area contributed by atoms with Crippen LogP contribution in [0.3, 0.4) is 0 Å². The van der Waals surface area contributed by atoms with E-state index in [0.29, 0.717) is 11.8 Å². The second kappa shape index (κ2) is 8.08. The van der Waals surface area contributed by atoms with E-state index in [1.54, 1.807) is 6.92 Å². The molecule has 2 N–H and O–H groups in total. The van der Waals surface area contributed by atoms with Crippen molar-refractivity contribution in [3.8, 4) is 23.0 Å². The van der Waals surface area contributed by atoms with E-state index in [0.717, 1.165) is 11.1 Å². The van der Waals surface area contributed by atoms with Crippen LogP contribution >= 0.6 is 0 Å². The van der Waals surface area contributed by atoms with Gasteiger partial charge < -0.3 is 19.6 Å². The molecule has 0 unspecified atom stereocenters. The van der Waals surface area contributed by atoms with E-state index in [1.165, 1.54) is 19.4 Å². The molecule has 0 aliphatic heterocycles. The average Bonchev–Trinajstić information content (AvgIpc) is 3.18. The van der Waals surface area contributed by atoms with Crippen molar-refractivity contribution >= 4 is 5.91 Å². The number of aromatic hydroxyl groups is 1. The lowest BCUT2D eigenvalue weighted by atomic mass is 10.0. The summed E-state index contributed by atoms with van der Waals surface area (Å²) in [5, 5.41) is 20.9. The van der Waals surface area contributed by atoms with Gasteiger partial charge in [0.25, 0.3) is 5.91 Å². The fourth-order valence-electron chi connectivity index (χ4n) is 2.65. The summed E-state index contributed by atoms with van der Waals surface area (Å²) < 4.78 is 10.7. The van der Waals surface area contributed by atoms with Crippen LogP contribution in [0.5, 0.6) is 11.5 Å². The minimum absolute atomic E-state index is 0.143. The van der Waals surface area contributed by atoms with Crippen molar-refractivity contribution < 1.29 is 19.1 Å². The number of hydrogen-bond acceptors (Lipinski definition) is 7. The van der Waals surface area contributed by atoms with Crippen LogP contribution in [0.1, 0.15) is 54.7 Å². The molecule has 3 rings (SSSR count). The maximum atomic E-state index is 12.4. The Morgan fingerprint density at radius 3 is 2.71 bits per heavy atom. The number of nitrogens with zero attached hydrogens (tertiary/aromatic N) is 3. The first-order valence-electron chi connectivity index (χ1n) is 8.87. The van der Waals surface area contributed by atoms with Gasteiger partial charge in [0, 0.05) is 17.8 Å². The molecule has 146 valence electrons. The van der Waals surface area contributed by atoms with Gasteiger partial charge in [-0.25, -0.2) is 4.98 Å². The van der Waals surface area contributed by atoms with E-state index in [-0.39, 0.29) is 23.1 Å². The maximum Gasteiger partial charge on any atom is 0.274 e. The summed E-state index contributed by atoms with van der Waals surface area (Å²) in [6.07, 6.45) is 1.38. The number of benzene rings is 1. The van der Waals surface area contributed by atoms with E-state index >= 15 is 0 Å². The lowest BCUT2D eigenvalue weighted by molar-refractivity contribution is 0.0925. The number of amides is 1. The van der Waals surface area contributed by atoms with E-state index in [4.69, 9.17) is 9.15 Å². The maximum absolute atomic E-state index is 12.4. The van der Waals surface area contributed by atoms with Gasteiger partial charge in [-0.15, -0.1) is 10.2 Å². The summed E-state index contributed by atoms with van der Waals surface area (Å²) in [7, 11) is 1.40.